The Morgan fingerprint density at radius 3 is 1.94 bits per heavy atom. The molecule has 176 valence electrons. The molecule has 0 fully saturated rings. The molecule has 4 heteroatoms. The standard InChI is InChI=1S/C29H36O4/c1-19-9-11-22-24(15-19)29(17-27(22,3)4)18-28(5,6)23-12-10-21(16-25(23)29)26(31)33-14-8-7-13-32-20(2)30/h9-12,15-16H,7-8,13-14,17-18H2,1-6H3. The molecule has 0 radical (unpaired) electrons. The second-order valence-corrected chi connectivity index (χ2v) is 11.2. The van der Waals surface area contributed by atoms with Gasteiger partial charge in [0, 0.05) is 12.3 Å². The summed E-state index contributed by atoms with van der Waals surface area (Å²) in [6, 6.07) is 13.0. The van der Waals surface area contributed by atoms with Crippen LogP contribution in [0.1, 0.15) is 98.5 Å². The number of hydrogen-bond donors (Lipinski definition) is 0. The topological polar surface area (TPSA) is 52.6 Å². The fourth-order valence-corrected chi connectivity index (χ4v) is 6.26. The number of hydrogen-bond acceptors (Lipinski definition) is 4. The smallest absolute Gasteiger partial charge is 0.338 e. The van der Waals surface area contributed by atoms with Gasteiger partial charge in [0.05, 0.1) is 18.8 Å². The molecule has 2 aromatic rings. The number of esters is 2. The Morgan fingerprint density at radius 2 is 1.33 bits per heavy atom. The van der Waals surface area contributed by atoms with Crippen molar-refractivity contribution in [2.24, 2.45) is 0 Å². The minimum Gasteiger partial charge on any atom is -0.466 e. The molecule has 1 unspecified atom stereocenters. The summed E-state index contributed by atoms with van der Waals surface area (Å²) in [5.74, 6) is -0.569. The van der Waals surface area contributed by atoms with Crippen molar-refractivity contribution in [2.75, 3.05) is 13.2 Å². The van der Waals surface area contributed by atoms with E-state index in [-0.39, 0.29) is 28.2 Å². The summed E-state index contributed by atoms with van der Waals surface area (Å²) in [5, 5.41) is 0. The zero-order chi connectivity index (χ0) is 24.0. The fraction of sp³-hybridized carbons (Fsp3) is 0.517. The molecule has 0 N–H and O–H groups in total. The molecule has 0 aromatic heterocycles. The monoisotopic (exact) mass is 448 g/mol. The number of carbonyl (C=O) groups is 2. The van der Waals surface area contributed by atoms with Crippen LogP contribution < -0.4 is 0 Å². The van der Waals surface area contributed by atoms with E-state index in [4.69, 9.17) is 9.47 Å². The summed E-state index contributed by atoms with van der Waals surface area (Å²) in [7, 11) is 0. The number of fused-ring (bicyclic) bond motifs is 4. The first kappa shape index (κ1) is 23.5. The van der Waals surface area contributed by atoms with Gasteiger partial charge in [0.1, 0.15) is 0 Å². The average molecular weight is 449 g/mol. The van der Waals surface area contributed by atoms with Crippen LogP contribution in [-0.4, -0.2) is 25.2 Å². The number of ether oxygens (including phenoxy) is 2. The van der Waals surface area contributed by atoms with Crippen LogP contribution in [0.5, 0.6) is 0 Å². The van der Waals surface area contributed by atoms with Crippen molar-refractivity contribution in [1.29, 1.82) is 0 Å². The highest BCUT2D eigenvalue weighted by atomic mass is 16.5. The molecule has 4 nitrogen and oxygen atoms in total. The maximum Gasteiger partial charge on any atom is 0.338 e. The highest BCUT2D eigenvalue weighted by Crippen LogP contribution is 2.62. The van der Waals surface area contributed by atoms with Gasteiger partial charge in [-0.2, -0.15) is 0 Å². The van der Waals surface area contributed by atoms with Gasteiger partial charge >= 0.3 is 11.9 Å². The van der Waals surface area contributed by atoms with Crippen molar-refractivity contribution < 1.29 is 19.1 Å². The van der Waals surface area contributed by atoms with Gasteiger partial charge in [-0.1, -0.05) is 57.5 Å². The summed E-state index contributed by atoms with van der Waals surface area (Å²) < 4.78 is 10.5. The Balaban J connectivity index is 1.62. The molecular weight excluding hydrogens is 412 g/mol. The lowest BCUT2D eigenvalue weighted by molar-refractivity contribution is -0.141. The molecule has 0 heterocycles. The van der Waals surface area contributed by atoms with Gasteiger partial charge in [0.2, 0.25) is 0 Å². The van der Waals surface area contributed by atoms with E-state index in [9.17, 15) is 9.59 Å². The summed E-state index contributed by atoms with van der Waals surface area (Å²) in [6.45, 7) is 13.6. The molecule has 0 saturated heterocycles. The van der Waals surface area contributed by atoms with Crippen LogP contribution in [-0.2, 0) is 30.5 Å². The first-order chi connectivity index (χ1) is 15.5. The molecule has 0 bridgehead atoms. The van der Waals surface area contributed by atoms with Gasteiger partial charge in [-0.15, -0.1) is 0 Å². The highest BCUT2D eigenvalue weighted by molar-refractivity contribution is 5.90. The lowest BCUT2D eigenvalue weighted by atomic mass is 9.72. The lowest BCUT2D eigenvalue weighted by Gasteiger charge is -2.30. The van der Waals surface area contributed by atoms with Crippen molar-refractivity contribution in [2.45, 2.75) is 83.5 Å². The molecular formula is C29H36O4. The summed E-state index contributed by atoms with van der Waals surface area (Å²) in [5.41, 5.74) is 7.41. The fourth-order valence-electron chi connectivity index (χ4n) is 6.26. The predicted molar refractivity (Wildman–Crippen MR) is 130 cm³/mol. The molecule has 4 rings (SSSR count). The number of rotatable bonds is 6. The van der Waals surface area contributed by atoms with Crippen molar-refractivity contribution in [3.05, 3.63) is 69.8 Å². The zero-order valence-corrected chi connectivity index (χ0v) is 20.8. The number of unbranched alkanes of at least 4 members (excludes halogenated alkanes) is 1. The third kappa shape index (κ3) is 4.20. The van der Waals surface area contributed by atoms with Gasteiger partial charge < -0.3 is 9.47 Å². The Morgan fingerprint density at radius 1 is 0.788 bits per heavy atom. The van der Waals surface area contributed by atoms with E-state index in [1.165, 1.54) is 34.7 Å². The lowest BCUT2D eigenvalue weighted by Crippen LogP contribution is -2.27. The summed E-state index contributed by atoms with van der Waals surface area (Å²) in [4.78, 5) is 23.7. The third-order valence-electron chi connectivity index (χ3n) is 7.48. The van der Waals surface area contributed by atoms with Gasteiger partial charge in [-0.05, 0) is 77.8 Å². The van der Waals surface area contributed by atoms with E-state index in [0.717, 1.165) is 12.8 Å². The molecule has 2 aromatic carbocycles. The molecule has 0 amide bonds. The van der Waals surface area contributed by atoms with Gasteiger partial charge in [0.15, 0.2) is 0 Å². The van der Waals surface area contributed by atoms with Crippen LogP contribution in [0.15, 0.2) is 36.4 Å². The van der Waals surface area contributed by atoms with E-state index >= 15 is 0 Å². The zero-order valence-electron chi connectivity index (χ0n) is 20.8. The van der Waals surface area contributed by atoms with E-state index < -0.39 is 0 Å². The van der Waals surface area contributed by atoms with Crippen molar-refractivity contribution in [1.82, 2.24) is 0 Å². The van der Waals surface area contributed by atoms with E-state index in [1.54, 1.807) is 0 Å². The average Bonchev–Trinajstić information content (AvgIpc) is 3.09. The highest BCUT2D eigenvalue weighted by Gasteiger charge is 2.56. The molecule has 33 heavy (non-hydrogen) atoms. The Bertz CT molecular complexity index is 1090. The van der Waals surface area contributed by atoms with Crippen LogP contribution >= 0.6 is 0 Å². The summed E-state index contributed by atoms with van der Waals surface area (Å²) >= 11 is 0. The maximum atomic E-state index is 12.9. The Labute approximate surface area is 197 Å². The van der Waals surface area contributed by atoms with Crippen LogP contribution in [0.2, 0.25) is 0 Å². The van der Waals surface area contributed by atoms with Gasteiger partial charge in [-0.25, -0.2) is 4.79 Å². The number of aryl methyl sites for hydroxylation is 1. The molecule has 0 saturated carbocycles. The van der Waals surface area contributed by atoms with Gasteiger partial charge in [-0.3, -0.25) is 4.79 Å². The molecule has 1 spiro atoms. The van der Waals surface area contributed by atoms with E-state index in [0.29, 0.717) is 31.6 Å². The summed E-state index contributed by atoms with van der Waals surface area (Å²) in [6.07, 6.45) is 3.44. The quantitative estimate of drug-likeness (QED) is 0.393. The first-order valence-electron chi connectivity index (χ1n) is 12.0. The molecule has 1 atom stereocenters. The Hall–Kier alpha value is -2.62. The van der Waals surface area contributed by atoms with E-state index in [1.807, 2.05) is 6.07 Å². The second kappa shape index (κ2) is 8.30. The normalized spacial score (nSPS) is 21.5. The van der Waals surface area contributed by atoms with Crippen LogP contribution in [0.3, 0.4) is 0 Å². The minimum atomic E-state index is -0.285. The predicted octanol–water partition coefficient (Wildman–Crippen LogP) is 6.14. The SMILES string of the molecule is CC(=O)OCCCCOC(=O)c1ccc2c(c1)C1(CC(C)(C)c3ccc(C)cc31)CC2(C)C. The van der Waals surface area contributed by atoms with Crippen molar-refractivity contribution >= 4 is 11.9 Å². The van der Waals surface area contributed by atoms with Gasteiger partial charge in [0.25, 0.3) is 0 Å². The second-order valence-electron chi connectivity index (χ2n) is 11.2. The number of benzene rings is 2. The van der Waals surface area contributed by atoms with Crippen LogP contribution in [0, 0.1) is 6.92 Å². The number of carbonyl (C=O) groups excluding carboxylic acids is 2. The molecule has 2 aliphatic rings. The van der Waals surface area contributed by atoms with Crippen molar-refractivity contribution in [3.63, 3.8) is 0 Å². The van der Waals surface area contributed by atoms with Crippen LogP contribution in [0.25, 0.3) is 0 Å². The third-order valence-corrected chi connectivity index (χ3v) is 7.48. The molecule has 0 aliphatic heterocycles. The van der Waals surface area contributed by atoms with Crippen LogP contribution in [0.4, 0.5) is 0 Å². The molecule has 2 aliphatic carbocycles. The maximum absolute atomic E-state index is 12.9. The Kier molecular flexibility index (Phi) is 5.92. The largest absolute Gasteiger partial charge is 0.466 e. The van der Waals surface area contributed by atoms with E-state index in [2.05, 4.69) is 65.0 Å². The van der Waals surface area contributed by atoms with Crippen molar-refractivity contribution in [3.8, 4) is 0 Å². The first-order valence-corrected chi connectivity index (χ1v) is 12.0. The minimum absolute atomic E-state index is 0.0376.